The van der Waals surface area contributed by atoms with E-state index < -0.39 is 0 Å². The third-order valence-electron chi connectivity index (χ3n) is 3.65. The summed E-state index contributed by atoms with van der Waals surface area (Å²) < 4.78 is 5.44. The van der Waals surface area contributed by atoms with Gasteiger partial charge in [-0.05, 0) is 68.0 Å². The first-order valence-electron chi connectivity index (χ1n) is 7.79. The number of rotatable bonds is 8. The first-order valence-corrected chi connectivity index (χ1v) is 7.79. The number of hydrogen-bond donors (Lipinski definition) is 1. The lowest BCUT2D eigenvalue weighted by molar-refractivity contribution is 0.100. The number of ether oxygens (including phenoxy) is 1. The first kappa shape index (κ1) is 16.1. The van der Waals surface area contributed by atoms with Crippen LogP contribution in [-0.2, 0) is 12.8 Å². The molecule has 0 bridgehead atoms. The SMILES string of the molecule is CCOc1ccc(CCCCc2ccc(C(N)=O)cc2)cc1. The number of carbonyl (C=O) groups is 1. The summed E-state index contributed by atoms with van der Waals surface area (Å²) in [4.78, 5) is 11.0. The standard InChI is InChI=1S/C19H23NO2/c1-2-22-18-13-9-16(10-14-18)6-4-3-5-15-7-11-17(12-8-15)19(20)21/h7-14H,2-6H2,1H3,(H2,20,21). The van der Waals surface area contributed by atoms with Gasteiger partial charge in [-0.3, -0.25) is 4.79 Å². The molecule has 22 heavy (non-hydrogen) atoms. The quantitative estimate of drug-likeness (QED) is 0.754. The van der Waals surface area contributed by atoms with Crippen molar-refractivity contribution in [2.75, 3.05) is 6.61 Å². The van der Waals surface area contributed by atoms with E-state index in [2.05, 4.69) is 12.1 Å². The van der Waals surface area contributed by atoms with Gasteiger partial charge in [0.15, 0.2) is 0 Å². The van der Waals surface area contributed by atoms with Crippen LogP contribution in [-0.4, -0.2) is 12.5 Å². The van der Waals surface area contributed by atoms with Crippen LogP contribution >= 0.6 is 0 Å². The van der Waals surface area contributed by atoms with Crippen LogP contribution in [0.3, 0.4) is 0 Å². The summed E-state index contributed by atoms with van der Waals surface area (Å²) in [5, 5.41) is 0. The maximum atomic E-state index is 11.0. The van der Waals surface area contributed by atoms with Gasteiger partial charge in [-0.1, -0.05) is 24.3 Å². The van der Waals surface area contributed by atoms with Crippen LogP contribution in [0.5, 0.6) is 5.75 Å². The van der Waals surface area contributed by atoms with Crippen molar-refractivity contribution in [3.8, 4) is 5.75 Å². The molecular weight excluding hydrogens is 274 g/mol. The molecule has 3 heteroatoms. The van der Waals surface area contributed by atoms with Gasteiger partial charge in [-0.15, -0.1) is 0 Å². The van der Waals surface area contributed by atoms with E-state index in [0.29, 0.717) is 12.2 Å². The molecule has 2 aromatic rings. The van der Waals surface area contributed by atoms with E-state index >= 15 is 0 Å². The highest BCUT2D eigenvalue weighted by Gasteiger charge is 2.00. The minimum Gasteiger partial charge on any atom is -0.494 e. The zero-order valence-electron chi connectivity index (χ0n) is 13.0. The highest BCUT2D eigenvalue weighted by molar-refractivity contribution is 5.92. The van der Waals surface area contributed by atoms with Crippen LogP contribution in [0.4, 0.5) is 0 Å². The molecule has 0 atom stereocenters. The van der Waals surface area contributed by atoms with E-state index in [9.17, 15) is 4.79 Å². The molecule has 0 aliphatic heterocycles. The Labute approximate surface area is 132 Å². The predicted octanol–water partition coefficient (Wildman–Crippen LogP) is 3.75. The normalized spacial score (nSPS) is 10.4. The van der Waals surface area contributed by atoms with Gasteiger partial charge in [0.05, 0.1) is 6.61 Å². The predicted molar refractivity (Wildman–Crippen MR) is 89.2 cm³/mol. The van der Waals surface area contributed by atoms with Gasteiger partial charge in [-0.2, -0.15) is 0 Å². The number of benzene rings is 2. The lowest BCUT2D eigenvalue weighted by atomic mass is 10.0. The Morgan fingerprint density at radius 2 is 1.41 bits per heavy atom. The summed E-state index contributed by atoms with van der Waals surface area (Å²) in [6.45, 7) is 2.69. The second kappa shape index (κ2) is 8.23. The Kier molecular flexibility index (Phi) is 6.01. The Morgan fingerprint density at radius 3 is 1.86 bits per heavy atom. The van der Waals surface area contributed by atoms with Crippen molar-refractivity contribution in [3.05, 3.63) is 65.2 Å². The Morgan fingerprint density at radius 1 is 0.909 bits per heavy atom. The van der Waals surface area contributed by atoms with Gasteiger partial charge >= 0.3 is 0 Å². The number of carbonyl (C=O) groups excluding carboxylic acids is 1. The van der Waals surface area contributed by atoms with Crippen LogP contribution in [0.25, 0.3) is 0 Å². The van der Waals surface area contributed by atoms with Gasteiger partial charge in [0.25, 0.3) is 0 Å². The molecule has 2 aromatic carbocycles. The number of nitrogens with two attached hydrogens (primary N) is 1. The van der Waals surface area contributed by atoms with E-state index in [4.69, 9.17) is 10.5 Å². The molecule has 0 spiro atoms. The van der Waals surface area contributed by atoms with Crippen molar-refractivity contribution in [2.24, 2.45) is 5.73 Å². The molecule has 1 amide bonds. The summed E-state index contributed by atoms with van der Waals surface area (Å²) in [7, 11) is 0. The van der Waals surface area contributed by atoms with Crippen LogP contribution in [0.1, 0.15) is 41.3 Å². The van der Waals surface area contributed by atoms with Crippen molar-refractivity contribution < 1.29 is 9.53 Å². The van der Waals surface area contributed by atoms with E-state index in [1.807, 2.05) is 31.2 Å². The van der Waals surface area contributed by atoms with Gasteiger partial charge < -0.3 is 10.5 Å². The largest absolute Gasteiger partial charge is 0.494 e. The van der Waals surface area contributed by atoms with Crippen LogP contribution < -0.4 is 10.5 Å². The second-order valence-corrected chi connectivity index (χ2v) is 5.35. The fourth-order valence-corrected chi connectivity index (χ4v) is 2.41. The molecule has 0 radical (unpaired) electrons. The molecule has 0 aromatic heterocycles. The van der Waals surface area contributed by atoms with Gasteiger partial charge in [0.2, 0.25) is 5.91 Å². The molecule has 3 nitrogen and oxygen atoms in total. The summed E-state index contributed by atoms with van der Waals surface area (Å²) in [6, 6.07) is 15.9. The van der Waals surface area contributed by atoms with Crippen molar-refractivity contribution in [1.82, 2.24) is 0 Å². The minimum atomic E-state index is -0.373. The molecule has 0 aliphatic rings. The number of hydrogen-bond acceptors (Lipinski definition) is 2. The summed E-state index contributed by atoms with van der Waals surface area (Å²) >= 11 is 0. The number of amides is 1. The van der Waals surface area contributed by atoms with Crippen LogP contribution in [0.15, 0.2) is 48.5 Å². The Bertz CT molecular complexity index is 588. The van der Waals surface area contributed by atoms with E-state index in [0.717, 1.165) is 31.4 Å². The van der Waals surface area contributed by atoms with E-state index in [1.165, 1.54) is 11.1 Å². The molecule has 2 N–H and O–H groups in total. The maximum Gasteiger partial charge on any atom is 0.248 e. The fourth-order valence-electron chi connectivity index (χ4n) is 2.41. The average molecular weight is 297 g/mol. The van der Waals surface area contributed by atoms with Crippen LogP contribution in [0, 0.1) is 0 Å². The molecule has 0 heterocycles. The minimum absolute atomic E-state index is 0.373. The van der Waals surface area contributed by atoms with E-state index in [1.54, 1.807) is 12.1 Å². The Hall–Kier alpha value is -2.29. The van der Waals surface area contributed by atoms with Crippen molar-refractivity contribution >= 4 is 5.91 Å². The van der Waals surface area contributed by atoms with Crippen molar-refractivity contribution in [2.45, 2.75) is 32.6 Å². The highest BCUT2D eigenvalue weighted by atomic mass is 16.5. The smallest absolute Gasteiger partial charge is 0.248 e. The van der Waals surface area contributed by atoms with Gasteiger partial charge in [-0.25, -0.2) is 0 Å². The topological polar surface area (TPSA) is 52.3 Å². The van der Waals surface area contributed by atoms with E-state index in [-0.39, 0.29) is 5.91 Å². The van der Waals surface area contributed by atoms with Crippen molar-refractivity contribution in [1.29, 1.82) is 0 Å². The molecule has 0 unspecified atom stereocenters. The summed E-state index contributed by atoms with van der Waals surface area (Å²) in [6.07, 6.45) is 4.37. The molecule has 0 saturated carbocycles. The second-order valence-electron chi connectivity index (χ2n) is 5.35. The Balaban J connectivity index is 1.73. The number of unbranched alkanes of at least 4 members (excludes halogenated alkanes) is 1. The highest BCUT2D eigenvalue weighted by Crippen LogP contribution is 2.15. The first-order chi connectivity index (χ1) is 10.7. The number of primary amides is 1. The third kappa shape index (κ3) is 4.92. The van der Waals surface area contributed by atoms with Crippen LogP contribution in [0.2, 0.25) is 0 Å². The lowest BCUT2D eigenvalue weighted by Gasteiger charge is -2.06. The average Bonchev–Trinajstić information content (AvgIpc) is 2.54. The molecule has 0 fully saturated rings. The molecule has 116 valence electrons. The zero-order chi connectivity index (χ0) is 15.8. The van der Waals surface area contributed by atoms with Gasteiger partial charge in [0, 0.05) is 5.56 Å². The maximum absolute atomic E-state index is 11.0. The molecule has 0 saturated heterocycles. The molecule has 2 rings (SSSR count). The zero-order valence-corrected chi connectivity index (χ0v) is 13.0. The third-order valence-corrected chi connectivity index (χ3v) is 3.65. The number of aryl methyl sites for hydroxylation is 2. The molecular formula is C19H23NO2. The monoisotopic (exact) mass is 297 g/mol. The molecule has 0 aliphatic carbocycles. The van der Waals surface area contributed by atoms with Crippen molar-refractivity contribution in [3.63, 3.8) is 0 Å². The fraction of sp³-hybridized carbons (Fsp3) is 0.316. The summed E-state index contributed by atoms with van der Waals surface area (Å²) in [5.41, 5.74) is 8.39. The van der Waals surface area contributed by atoms with Gasteiger partial charge in [0.1, 0.15) is 5.75 Å². The summed E-state index contributed by atoms with van der Waals surface area (Å²) in [5.74, 6) is 0.558. The lowest BCUT2D eigenvalue weighted by Crippen LogP contribution is -2.10.